The molecule has 0 aliphatic rings. The average Bonchev–Trinajstić information content (AvgIpc) is 2.82. The summed E-state index contributed by atoms with van der Waals surface area (Å²) in [7, 11) is 0. The first-order valence-corrected chi connectivity index (χ1v) is 6.87. The Kier molecular flexibility index (Phi) is 4.23. The van der Waals surface area contributed by atoms with Crippen molar-refractivity contribution >= 4 is 11.7 Å². The maximum Gasteiger partial charge on any atom is 0.230 e. The first-order chi connectivity index (χ1) is 9.45. The summed E-state index contributed by atoms with van der Waals surface area (Å²) in [4.78, 5) is 12.1. The third kappa shape index (κ3) is 3.47. The average molecular weight is 271 g/mol. The van der Waals surface area contributed by atoms with Gasteiger partial charge in [-0.3, -0.25) is 9.89 Å². The maximum absolute atomic E-state index is 12.1. The predicted molar refractivity (Wildman–Crippen MR) is 80.9 cm³/mol. The van der Waals surface area contributed by atoms with E-state index in [4.69, 9.17) is 0 Å². The van der Waals surface area contributed by atoms with Gasteiger partial charge in [0.1, 0.15) is 0 Å². The van der Waals surface area contributed by atoms with Crippen molar-refractivity contribution in [2.24, 2.45) is 0 Å². The van der Waals surface area contributed by atoms with E-state index in [1.165, 1.54) is 5.56 Å². The van der Waals surface area contributed by atoms with Crippen LogP contribution in [0.2, 0.25) is 0 Å². The molecule has 2 aromatic rings. The summed E-state index contributed by atoms with van der Waals surface area (Å²) in [5.41, 5.74) is 4.38. The van der Waals surface area contributed by atoms with Crippen molar-refractivity contribution in [1.29, 1.82) is 0 Å². The van der Waals surface area contributed by atoms with Crippen LogP contribution in [-0.4, -0.2) is 16.1 Å². The molecule has 0 aliphatic carbocycles. The molecule has 1 amide bonds. The number of nitrogens with zero attached hydrogens (tertiary/aromatic N) is 1. The summed E-state index contributed by atoms with van der Waals surface area (Å²) >= 11 is 0. The second-order valence-corrected chi connectivity index (χ2v) is 5.52. The van der Waals surface area contributed by atoms with Gasteiger partial charge in [-0.1, -0.05) is 37.6 Å². The summed E-state index contributed by atoms with van der Waals surface area (Å²) in [6, 6.07) is 8.04. The summed E-state index contributed by atoms with van der Waals surface area (Å²) in [5.74, 6) is 0.914. The highest BCUT2D eigenvalue weighted by molar-refractivity contribution is 5.91. The Hall–Kier alpha value is -2.10. The molecule has 0 spiro atoms. The standard InChI is InChI=1S/C16H21N3O/c1-10(2)14-9-15(19-18-14)17-16(20)8-13-7-11(3)5-6-12(13)4/h5-7,9-10H,8H2,1-4H3,(H2,17,18,19,20). The normalized spacial score (nSPS) is 10.8. The summed E-state index contributed by atoms with van der Waals surface area (Å²) in [6.45, 7) is 8.21. The van der Waals surface area contributed by atoms with Crippen molar-refractivity contribution in [2.45, 2.75) is 40.0 Å². The number of H-pyrrole nitrogens is 1. The van der Waals surface area contributed by atoms with E-state index < -0.39 is 0 Å². The first kappa shape index (κ1) is 14.3. The van der Waals surface area contributed by atoms with Gasteiger partial charge in [-0.2, -0.15) is 5.10 Å². The van der Waals surface area contributed by atoms with E-state index in [9.17, 15) is 4.79 Å². The zero-order valence-corrected chi connectivity index (χ0v) is 12.4. The van der Waals surface area contributed by atoms with Crippen LogP contribution >= 0.6 is 0 Å². The van der Waals surface area contributed by atoms with Crippen LogP contribution in [0.25, 0.3) is 0 Å². The number of hydrogen-bond donors (Lipinski definition) is 2. The number of amides is 1. The highest BCUT2D eigenvalue weighted by Gasteiger charge is 2.10. The lowest BCUT2D eigenvalue weighted by Gasteiger charge is -2.06. The molecule has 2 rings (SSSR count). The molecule has 0 atom stereocenters. The van der Waals surface area contributed by atoms with Gasteiger partial charge >= 0.3 is 0 Å². The van der Waals surface area contributed by atoms with Gasteiger partial charge in [-0.05, 0) is 30.9 Å². The topological polar surface area (TPSA) is 57.8 Å². The van der Waals surface area contributed by atoms with Crippen molar-refractivity contribution < 1.29 is 4.79 Å². The number of aromatic amines is 1. The number of benzene rings is 1. The number of carbonyl (C=O) groups excluding carboxylic acids is 1. The van der Waals surface area contributed by atoms with Gasteiger partial charge in [-0.15, -0.1) is 0 Å². The highest BCUT2D eigenvalue weighted by atomic mass is 16.1. The minimum absolute atomic E-state index is 0.0412. The van der Waals surface area contributed by atoms with Gasteiger partial charge < -0.3 is 5.32 Å². The maximum atomic E-state index is 12.1. The van der Waals surface area contributed by atoms with Crippen LogP contribution in [0.1, 0.15) is 42.1 Å². The van der Waals surface area contributed by atoms with Crippen LogP contribution < -0.4 is 5.32 Å². The molecule has 1 aromatic carbocycles. The Balaban J connectivity index is 2.03. The molecular formula is C16H21N3O. The quantitative estimate of drug-likeness (QED) is 0.896. The molecule has 0 bridgehead atoms. The summed E-state index contributed by atoms with van der Waals surface area (Å²) < 4.78 is 0. The van der Waals surface area contributed by atoms with Crippen LogP contribution in [0.3, 0.4) is 0 Å². The van der Waals surface area contributed by atoms with E-state index in [0.717, 1.165) is 16.8 Å². The molecule has 0 unspecified atom stereocenters. The van der Waals surface area contributed by atoms with Crippen molar-refractivity contribution in [3.05, 3.63) is 46.6 Å². The van der Waals surface area contributed by atoms with E-state index in [1.54, 1.807) is 0 Å². The van der Waals surface area contributed by atoms with Gasteiger partial charge in [0, 0.05) is 11.8 Å². The SMILES string of the molecule is Cc1ccc(C)c(CC(=O)Nc2cc(C(C)C)[nH]n2)c1. The first-order valence-electron chi connectivity index (χ1n) is 6.87. The Bertz CT molecular complexity index is 614. The van der Waals surface area contributed by atoms with Gasteiger partial charge in [0.15, 0.2) is 5.82 Å². The highest BCUT2D eigenvalue weighted by Crippen LogP contribution is 2.16. The molecule has 4 heteroatoms. The van der Waals surface area contributed by atoms with E-state index in [1.807, 2.05) is 26.0 Å². The van der Waals surface area contributed by atoms with Gasteiger partial charge in [0.05, 0.1) is 6.42 Å². The molecule has 1 heterocycles. The van der Waals surface area contributed by atoms with E-state index in [0.29, 0.717) is 18.2 Å². The molecule has 20 heavy (non-hydrogen) atoms. The van der Waals surface area contributed by atoms with Crippen molar-refractivity contribution in [3.63, 3.8) is 0 Å². The van der Waals surface area contributed by atoms with Crippen LogP contribution in [0.15, 0.2) is 24.3 Å². The fourth-order valence-electron chi connectivity index (χ4n) is 2.05. The Morgan fingerprint density at radius 3 is 2.70 bits per heavy atom. The lowest BCUT2D eigenvalue weighted by Crippen LogP contribution is -2.15. The number of aromatic nitrogens is 2. The van der Waals surface area contributed by atoms with Crippen molar-refractivity contribution in [2.75, 3.05) is 5.32 Å². The third-order valence-corrected chi connectivity index (χ3v) is 3.34. The Morgan fingerprint density at radius 2 is 2.05 bits per heavy atom. The number of nitrogens with one attached hydrogen (secondary N) is 2. The monoisotopic (exact) mass is 271 g/mol. The number of hydrogen-bond acceptors (Lipinski definition) is 2. The lowest BCUT2D eigenvalue weighted by atomic mass is 10.0. The van der Waals surface area contributed by atoms with Crippen LogP contribution in [0.4, 0.5) is 5.82 Å². The van der Waals surface area contributed by atoms with Crippen LogP contribution in [0, 0.1) is 13.8 Å². The molecule has 0 saturated heterocycles. The zero-order valence-electron chi connectivity index (χ0n) is 12.4. The largest absolute Gasteiger partial charge is 0.309 e. The summed E-state index contributed by atoms with van der Waals surface area (Å²) in [5, 5.41) is 9.86. The second kappa shape index (κ2) is 5.90. The third-order valence-electron chi connectivity index (χ3n) is 3.34. The second-order valence-electron chi connectivity index (χ2n) is 5.52. The smallest absolute Gasteiger partial charge is 0.230 e. The van der Waals surface area contributed by atoms with Crippen molar-refractivity contribution in [3.8, 4) is 0 Å². The molecule has 0 radical (unpaired) electrons. The Morgan fingerprint density at radius 1 is 1.30 bits per heavy atom. The number of anilines is 1. The number of rotatable bonds is 4. The zero-order chi connectivity index (χ0) is 14.7. The molecule has 4 nitrogen and oxygen atoms in total. The molecule has 0 aliphatic heterocycles. The fourth-order valence-corrected chi connectivity index (χ4v) is 2.05. The molecule has 1 aromatic heterocycles. The van der Waals surface area contributed by atoms with E-state index in [-0.39, 0.29) is 5.91 Å². The number of aryl methyl sites for hydroxylation is 2. The minimum Gasteiger partial charge on any atom is -0.309 e. The fraction of sp³-hybridized carbons (Fsp3) is 0.375. The molecule has 0 fully saturated rings. The van der Waals surface area contributed by atoms with Crippen LogP contribution in [0.5, 0.6) is 0 Å². The van der Waals surface area contributed by atoms with Gasteiger partial charge in [0.2, 0.25) is 5.91 Å². The van der Waals surface area contributed by atoms with Crippen LogP contribution in [-0.2, 0) is 11.2 Å². The molecule has 0 saturated carbocycles. The molecule has 106 valence electrons. The minimum atomic E-state index is -0.0412. The van der Waals surface area contributed by atoms with E-state index in [2.05, 4.69) is 41.5 Å². The lowest BCUT2D eigenvalue weighted by molar-refractivity contribution is -0.115. The Labute approximate surface area is 119 Å². The van der Waals surface area contributed by atoms with E-state index >= 15 is 0 Å². The molecule has 2 N–H and O–H groups in total. The van der Waals surface area contributed by atoms with Gasteiger partial charge in [-0.25, -0.2) is 0 Å². The number of carbonyl (C=O) groups is 1. The predicted octanol–water partition coefficient (Wildman–Crippen LogP) is 3.33. The van der Waals surface area contributed by atoms with Crippen molar-refractivity contribution in [1.82, 2.24) is 10.2 Å². The van der Waals surface area contributed by atoms with Gasteiger partial charge in [0.25, 0.3) is 0 Å². The summed E-state index contributed by atoms with van der Waals surface area (Å²) in [6.07, 6.45) is 0.372. The molecular weight excluding hydrogens is 250 g/mol.